The molecule has 1 N–H and O–H groups in total. The minimum atomic E-state index is -0.403. The maximum Gasteiger partial charge on any atom is 0.339 e. The van der Waals surface area contributed by atoms with Gasteiger partial charge in [0.05, 0.1) is 6.26 Å². The highest BCUT2D eigenvalue weighted by Crippen LogP contribution is 2.34. The number of nitrogens with one attached hydrogen (secondary N) is 1. The van der Waals surface area contributed by atoms with Gasteiger partial charge in [0.15, 0.2) is 0 Å². The van der Waals surface area contributed by atoms with Crippen LogP contribution in [0.15, 0.2) is 62.4 Å². The molecule has 160 valence electrons. The van der Waals surface area contributed by atoms with Crippen LogP contribution in [0, 0.1) is 6.92 Å². The molecule has 0 spiro atoms. The van der Waals surface area contributed by atoms with E-state index in [1.165, 1.54) is 0 Å². The van der Waals surface area contributed by atoms with Crippen molar-refractivity contribution >= 4 is 27.8 Å². The third-order valence-electron chi connectivity index (χ3n) is 5.55. The fourth-order valence-corrected chi connectivity index (χ4v) is 3.79. The van der Waals surface area contributed by atoms with E-state index in [1.807, 2.05) is 62.3 Å². The summed E-state index contributed by atoms with van der Waals surface area (Å²) in [5.41, 5.74) is 4.19. The van der Waals surface area contributed by atoms with Crippen molar-refractivity contribution in [2.45, 2.75) is 19.8 Å². The molecule has 4 rings (SSSR count). The molecule has 0 aliphatic rings. The van der Waals surface area contributed by atoms with E-state index < -0.39 is 5.63 Å². The number of amides is 1. The average molecular weight is 418 g/mol. The Labute approximate surface area is 180 Å². The fourth-order valence-electron chi connectivity index (χ4n) is 3.79. The van der Waals surface area contributed by atoms with Crippen LogP contribution in [0.2, 0.25) is 0 Å². The van der Waals surface area contributed by atoms with Crippen LogP contribution < -0.4 is 10.9 Å². The first-order valence-corrected chi connectivity index (χ1v) is 10.4. The van der Waals surface area contributed by atoms with Crippen molar-refractivity contribution in [2.24, 2.45) is 0 Å². The summed E-state index contributed by atoms with van der Waals surface area (Å²) in [5.74, 6) is -0.0719. The van der Waals surface area contributed by atoms with E-state index in [9.17, 15) is 9.59 Å². The van der Waals surface area contributed by atoms with Crippen molar-refractivity contribution in [3.8, 4) is 11.1 Å². The molecular formula is C25H26N2O4. The Morgan fingerprint density at radius 1 is 1.06 bits per heavy atom. The molecule has 0 aliphatic heterocycles. The number of aryl methyl sites for hydroxylation is 1. The van der Waals surface area contributed by atoms with Crippen LogP contribution in [0.5, 0.6) is 0 Å². The molecule has 0 radical (unpaired) electrons. The van der Waals surface area contributed by atoms with E-state index in [0.717, 1.165) is 34.0 Å². The second kappa shape index (κ2) is 8.78. The molecule has 0 aliphatic carbocycles. The number of carbonyl (C=O) groups excluding carboxylic acids is 1. The molecule has 0 saturated carbocycles. The van der Waals surface area contributed by atoms with E-state index in [-0.39, 0.29) is 12.3 Å². The van der Waals surface area contributed by atoms with Gasteiger partial charge < -0.3 is 19.1 Å². The third kappa shape index (κ3) is 4.39. The lowest BCUT2D eigenvalue weighted by atomic mass is 9.99. The average Bonchev–Trinajstić information content (AvgIpc) is 3.15. The summed E-state index contributed by atoms with van der Waals surface area (Å²) in [6.07, 6.45) is 2.31. The SMILES string of the molecule is Cc1c(CCC(=O)NCCN(C)C)c(=O)oc2cc3occ(-c4ccccc4)c3cc12. The van der Waals surface area contributed by atoms with Gasteiger partial charge in [-0.3, -0.25) is 4.79 Å². The summed E-state index contributed by atoms with van der Waals surface area (Å²) in [5, 5.41) is 4.70. The van der Waals surface area contributed by atoms with Crippen molar-refractivity contribution in [1.29, 1.82) is 0 Å². The van der Waals surface area contributed by atoms with Crippen LogP contribution in [0.3, 0.4) is 0 Å². The number of hydrogen-bond donors (Lipinski definition) is 1. The van der Waals surface area contributed by atoms with Crippen LogP contribution in [0.25, 0.3) is 33.1 Å². The fraction of sp³-hybridized carbons (Fsp3) is 0.280. The first-order chi connectivity index (χ1) is 14.9. The molecule has 4 aromatic rings. The zero-order valence-corrected chi connectivity index (χ0v) is 18.0. The highest BCUT2D eigenvalue weighted by molar-refractivity contribution is 6.02. The van der Waals surface area contributed by atoms with Gasteiger partial charge in [-0.25, -0.2) is 4.79 Å². The topological polar surface area (TPSA) is 75.7 Å². The second-order valence-electron chi connectivity index (χ2n) is 8.01. The number of carbonyl (C=O) groups is 1. The number of furan rings is 1. The van der Waals surface area contributed by atoms with Crippen LogP contribution in [-0.4, -0.2) is 38.0 Å². The smallest absolute Gasteiger partial charge is 0.339 e. The Kier molecular flexibility index (Phi) is 5.91. The van der Waals surface area contributed by atoms with Crippen LogP contribution in [0.1, 0.15) is 17.5 Å². The van der Waals surface area contributed by atoms with Crippen molar-refractivity contribution in [1.82, 2.24) is 10.2 Å². The molecule has 6 heteroatoms. The van der Waals surface area contributed by atoms with Gasteiger partial charge in [-0.05, 0) is 44.6 Å². The van der Waals surface area contributed by atoms with E-state index >= 15 is 0 Å². The maximum atomic E-state index is 12.6. The molecule has 0 fully saturated rings. The zero-order valence-electron chi connectivity index (χ0n) is 18.0. The molecule has 2 heterocycles. The monoisotopic (exact) mass is 418 g/mol. The summed E-state index contributed by atoms with van der Waals surface area (Å²) in [6.45, 7) is 3.26. The van der Waals surface area contributed by atoms with Crippen LogP contribution >= 0.6 is 0 Å². The molecule has 0 atom stereocenters. The number of fused-ring (bicyclic) bond motifs is 2. The van der Waals surface area contributed by atoms with Crippen molar-refractivity contribution in [3.63, 3.8) is 0 Å². The van der Waals surface area contributed by atoms with Gasteiger partial charge in [0, 0.05) is 47.5 Å². The van der Waals surface area contributed by atoms with Gasteiger partial charge in [0.1, 0.15) is 11.2 Å². The summed E-state index contributed by atoms with van der Waals surface area (Å²) < 4.78 is 11.3. The van der Waals surface area contributed by atoms with Gasteiger partial charge in [-0.2, -0.15) is 0 Å². The van der Waals surface area contributed by atoms with Gasteiger partial charge in [-0.15, -0.1) is 0 Å². The summed E-state index contributed by atoms with van der Waals surface area (Å²) in [6, 6.07) is 13.8. The number of likely N-dealkylation sites (N-methyl/N-ethyl adjacent to an activating group) is 1. The molecule has 2 aromatic carbocycles. The lowest BCUT2D eigenvalue weighted by molar-refractivity contribution is -0.121. The van der Waals surface area contributed by atoms with E-state index in [0.29, 0.717) is 29.7 Å². The third-order valence-corrected chi connectivity index (χ3v) is 5.55. The van der Waals surface area contributed by atoms with Crippen molar-refractivity contribution < 1.29 is 13.6 Å². The van der Waals surface area contributed by atoms with Crippen molar-refractivity contribution in [3.05, 3.63) is 70.3 Å². The zero-order chi connectivity index (χ0) is 22.0. The quantitative estimate of drug-likeness (QED) is 0.457. The van der Waals surface area contributed by atoms with Gasteiger partial charge >= 0.3 is 5.63 Å². The Bertz CT molecular complexity index is 1290. The Morgan fingerprint density at radius 2 is 1.84 bits per heavy atom. The number of benzene rings is 2. The molecular weight excluding hydrogens is 392 g/mol. The summed E-state index contributed by atoms with van der Waals surface area (Å²) >= 11 is 0. The first-order valence-electron chi connectivity index (χ1n) is 10.4. The molecule has 6 nitrogen and oxygen atoms in total. The Hall–Kier alpha value is -3.38. The van der Waals surface area contributed by atoms with Gasteiger partial charge in [-0.1, -0.05) is 30.3 Å². The predicted octanol–water partition coefficient (Wildman–Crippen LogP) is 4.13. The van der Waals surface area contributed by atoms with Crippen LogP contribution in [0.4, 0.5) is 0 Å². The van der Waals surface area contributed by atoms with E-state index in [2.05, 4.69) is 5.32 Å². The van der Waals surface area contributed by atoms with Gasteiger partial charge in [0.25, 0.3) is 0 Å². The van der Waals surface area contributed by atoms with E-state index in [1.54, 1.807) is 12.3 Å². The number of hydrogen-bond acceptors (Lipinski definition) is 5. The summed E-state index contributed by atoms with van der Waals surface area (Å²) in [7, 11) is 3.91. The highest BCUT2D eigenvalue weighted by atomic mass is 16.4. The lowest BCUT2D eigenvalue weighted by Crippen LogP contribution is -2.31. The number of nitrogens with zero attached hydrogens (tertiary/aromatic N) is 1. The number of rotatable bonds is 7. The molecule has 2 aromatic heterocycles. The molecule has 0 saturated heterocycles. The Morgan fingerprint density at radius 3 is 2.58 bits per heavy atom. The summed E-state index contributed by atoms with van der Waals surface area (Å²) in [4.78, 5) is 26.8. The first kappa shape index (κ1) is 20.9. The highest BCUT2D eigenvalue weighted by Gasteiger charge is 2.16. The second-order valence-corrected chi connectivity index (χ2v) is 8.01. The predicted molar refractivity (Wildman–Crippen MR) is 122 cm³/mol. The molecule has 0 unspecified atom stereocenters. The van der Waals surface area contributed by atoms with Crippen LogP contribution in [-0.2, 0) is 11.2 Å². The molecule has 0 bridgehead atoms. The molecule has 31 heavy (non-hydrogen) atoms. The van der Waals surface area contributed by atoms with Crippen molar-refractivity contribution in [2.75, 3.05) is 27.2 Å². The molecule has 1 amide bonds. The maximum absolute atomic E-state index is 12.6. The normalized spacial score (nSPS) is 11.5. The Balaban J connectivity index is 1.65. The standard InChI is InChI=1S/C25H26N2O4/c1-16-18(9-10-24(28)26-11-12-27(2)3)25(29)31-23-14-22-20(13-19(16)23)21(15-30-22)17-7-5-4-6-8-17/h4-8,13-15H,9-12H2,1-3H3,(H,26,28). The van der Waals surface area contributed by atoms with Gasteiger partial charge in [0.2, 0.25) is 5.91 Å². The lowest BCUT2D eigenvalue weighted by Gasteiger charge is -2.11. The largest absolute Gasteiger partial charge is 0.464 e. The van der Waals surface area contributed by atoms with E-state index in [4.69, 9.17) is 8.83 Å². The minimum absolute atomic E-state index is 0.0719. The minimum Gasteiger partial charge on any atom is -0.464 e.